The molecule has 1 aromatic heterocycles. The summed E-state index contributed by atoms with van der Waals surface area (Å²) in [4.78, 5) is 27.6. The number of carbonyl (C=O) groups excluding carboxylic acids is 1. The molecule has 2 amide bonds. The van der Waals surface area contributed by atoms with Crippen LogP contribution in [0.15, 0.2) is 24.3 Å². The molecule has 2 atom stereocenters. The number of amides is 2. The van der Waals surface area contributed by atoms with Gasteiger partial charge in [0.05, 0.1) is 0 Å². The lowest BCUT2D eigenvalue weighted by Crippen LogP contribution is -2.58. The number of aromatic amines is 1. The number of rotatable bonds is 2. The van der Waals surface area contributed by atoms with E-state index in [4.69, 9.17) is 22.4 Å². The first-order valence-electron chi connectivity index (χ1n) is 7.26. The fourth-order valence-electron chi connectivity index (χ4n) is 2.81. The molecule has 8 heteroatoms. The maximum absolute atomic E-state index is 12.4. The number of nitrogens with zero attached hydrogens (tertiary/aromatic N) is 1. The normalized spacial score (nSPS) is 21.4. The number of hydrogen-bond donors (Lipinski definition) is 4. The first kappa shape index (κ1) is 15.6. The van der Waals surface area contributed by atoms with Crippen molar-refractivity contribution in [3.8, 4) is 0 Å². The van der Waals surface area contributed by atoms with Crippen LogP contribution in [0.5, 0.6) is 0 Å². The molecule has 1 aliphatic heterocycles. The summed E-state index contributed by atoms with van der Waals surface area (Å²) in [5, 5.41) is 13.3. The average molecular weight is 337 g/mol. The molecule has 2 heterocycles. The topological polar surface area (TPSA) is 111 Å². The van der Waals surface area contributed by atoms with Gasteiger partial charge in [-0.3, -0.25) is 4.79 Å². The first-order valence-corrected chi connectivity index (χ1v) is 7.64. The molecule has 3 rings (SSSR count). The number of carbonyl (C=O) groups is 2. The predicted molar refractivity (Wildman–Crippen MR) is 86.8 cm³/mol. The summed E-state index contributed by atoms with van der Waals surface area (Å²) in [5.41, 5.74) is 7.23. The number of hydrogen-bond acceptors (Lipinski definition) is 3. The molecule has 0 aliphatic carbocycles. The van der Waals surface area contributed by atoms with E-state index in [1.54, 1.807) is 18.2 Å². The SMILES string of the molecule is N[C@@H]1CN(C(=O)O)CC[C@@H]1NC(=O)c1cc2cc(Cl)ccc2[nH]1. The maximum Gasteiger partial charge on any atom is 0.407 e. The monoisotopic (exact) mass is 336 g/mol. The van der Waals surface area contributed by atoms with Crippen molar-refractivity contribution < 1.29 is 14.7 Å². The Balaban J connectivity index is 1.69. The second kappa shape index (κ2) is 6.10. The average Bonchev–Trinajstić information content (AvgIpc) is 2.92. The van der Waals surface area contributed by atoms with Crippen LogP contribution in [0.3, 0.4) is 0 Å². The van der Waals surface area contributed by atoms with E-state index in [1.807, 2.05) is 6.07 Å². The summed E-state index contributed by atoms with van der Waals surface area (Å²) in [7, 11) is 0. The van der Waals surface area contributed by atoms with Crippen molar-refractivity contribution in [1.29, 1.82) is 0 Å². The Morgan fingerprint density at radius 1 is 1.39 bits per heavy atom. The summed E-state index contributed by atoms with van der Waals surface area (Å²) >= 11 is 5.94. The largest absolute Gasteiger partial charge is 0.465 e. The van der Waals surface area contributed by atoms with Gasteiger partial charge in [-0.15, -0.1) is 0 Å². The highest BCUT2D eigenvalue weighted by Crippen LogP contribution is 2.20. The molecular formula is C15H17ClN4O3. The van der Waals surface area contributed by atoms with Crippen molar-refractivity contribution in [1.82, 2.24) is 15.2 Å². The number of nitrogens with two attached hydrogens (primary N) is 1. The molecule has 1 saturated heterocycles. The third-order valence-corrected chi connectivity index (χ3v) is 4.31. The molecule has 0 unspecified atom stereocenters. The Kier molecular flexibility index (Phi) is 4.14. The summed E-state index contributed by atoms with van der Waals surface area (Å²) in [5.74, 6) is -0.262. The van der Waals surface area contributed by atoms with Gasteiger partial charge in [-0.1, -0.05) is 11.6 Å². The lowest BCUT2D eigenvalue weighted by Gasteiger charge is -2.35. The van der Waals surface area contributed by atoms with Crippen molar-refractivity contribution in [2.24, 2.45) is 5.73 Å². The van der Waals surface area contributed by atoms with Gasteiger partial charge in [0.2, 0.25) is 0 Å². The van der Waals surface area contributed by atoms with E-state index >= 15 is 0 Å². The molecule has 0 spiro atoms. The number of piperidine rings is 1. The van der Waals surface area contributed by atoms with Crippen molar-refractivity contribution >= 4 is 34.5 Å². The smallest absolute Gasteiger partial charge is 0.407 e. The Labute approximate surface area is 137 Å². The number of halogens is 1. The predicted octanol–water partition coefficient (Wildman–Crippen LogP) is 1.63. The van der Waals surface area contributed by atoms with E-state index < -0.39 is 12.1 Å². The number of likely N-dealkylation sites (tertiary alicyclic amines) is 1. The number of nitrogens with one attached hydrogen (secondary N) is 2. The Morgan fingerprint density at radius 2 is 2.17 bits per heavy atom. The van der Waals surface area contributed by atoms with E-state index in [2.05, 4.69) is 10.3 Å². The molecule has 122 valence electrons. The van der Waals surface area contributed by atoms with Crippen LogP contribution in [0.4, 0.5) is 4.79 Å². The highest BCUT2D eigenvalue weighted by molar-refractivity contribution is 6.31. The summed E-state index contributed by atoms with van der Waals surface area (Å²) in [6, 6.07) is 6.39. The zero-order valence-electron chi connectivity index (χ0n) is 12.3. The van der Waals surface area contributed by atoms with Gasteiger partial charge in [0, 0.05) is 41.1 Å². The first-order chi connectivity index (χ1) is 10.9. The highest BCUT2D eigenvalue weighted by atomic mass is 35.5. The van der Waals surface area contributed by atoms with Crippen LogP contribution >= 0.6 is 11.6 Å². The number of aromatic nitrogens is 1. The quantitative estimate of drug-likeness (QED) is 0.667. The third kappa shape index (κ3) is 3.25. The molecule has 0 radical (unpaired) electrons. The molecular weight excluding hydrogens is 320 g/mol. The van der Waals surface area contributed by atoms with Gasteiger partial charge in [0.1, 0.15) is 5.69 Å². The summed E-state index contributed by atoms with van der Waals surface area (Å²) in [6.07, 6.45) is -0.497. The second-order valence-electron chi connectivity index (χ2n) is 5.68. The van der Waals surface area contributed by atoms with Gasteiger partial charge in [0.15, 0.2) is 0 Å². The molecule has 7 nitrogen and oxygen atoms in total. The van der Waals surface area contributed by atoms with Crippen molar-refractivity contribution in [3.05, 3.63) is 35.0 Å². The Hall–Kier alpha value is -2.25. The zero-order chi connectivity index (χ0) is 16.6. The van der Waals surface area contributed by atoms with Gasteiger partial charge in [0.25, 0.3) is 5.91 Å². The van der Waals surface area contributed by atoms with Crippen LogP contribution in [0.1, 0.15) is 16.9 Å². The molecule has 1 aromatic carbocycles. The van der Waals surface area contributed by atoms with Gasteiger partial charge in [-0.05, 0) is 30.7 Å². The van der Waals surface area contributed by atoms with Crippen LogP contribution in [0.25, 0.3) is 10.9 Å². The number of fused-ring (bicyclic) bond motifs is 1. The van der Waals surface area contributed by atoms with Crippen molar-refractivity contribution in [2.75, 3.05) is 13.1 Å². The number of benzene rings is 1. The molecule has 0 saturated carbocycles. The maximum atomic E-state index is 12.4. The summed E-state index contributed by atoms with van der Waals surface area (Å²) < 4.78 is 0. The van der Waals surface area contributed by atoms with Crippen molar-refractivity contribution in [3.63, 3.8) is 0 Å². The zero-order valence-corrected chi connectivity index (χ0v) is 13.0. The van der Waals surface area contributed by atoms with Gasteiger partial charge in [-0.25, -0.2) is 4.79 Å². The van der Waals surface area contributed by atoms with E-state index in [9.17, 15) is 9.59 Å². The minimum atomic E-state index is -0.988. The molecule has 5 N–H and O–H groups in total. The number of H-pyrrole nitrogens is 1. The van der Waals surface area contributed by atoms with Gasteiger partial charge >= 0.3 is 6.09 Å². The van der Waals surface area contributed by atoms with Crippen molar-refractivity contribution in [2.45, 2.75) is 18.5 Å². The lowest BCUT2D eigenvalue weighted by atomic mass is 10.0. The standard InChI is InChI=1S/C15H17ClN4O3/c16-9-1-2-11-8(5-9)6-13(18-11)14(21)19-12-3-4-20(15(22)23)7-10(12)17/h1-2,5-6,10,12,18H,3-4,7,17H2,(H,19,21)(H,22,23)/t10-,12+/m1/s1. The highest BCUT2D eigenvalue weighted by Gasteiger charge is 2.30. The summed E-state index contributed by atoms with van der Waals surface area (Å²) in [6.45, 7) is 0.568. The molecule has 1 fully saturated rings. The lowest BCUT2D eigenvalue weighted by molar-refractivity contribution is 0.0886. The van der Waals surface area contributed by atoms with E-state index in [1.165, 1.54) is 4.90 Å². The van der Waals surface area contributed by atoms with E-state index in [-0.39, 0.29) is 18.5 Å². The number of carboxylic acid groups (broad SMARTS) is 1. The van der Waals surface area contributed by atoms with E-state index in [0.29, 0.717) is 23.7 Å². The van der Waals surface area contributed by atoms with Crippen LogP contribution < -0.4 is 11.1 Å². The van der Waals surface area contributed by atoms with Gasteiger partial charge < -0.3 is 26.0 Å². The fourth-order valence-corrected chi connectivity index (χ4v) is 2.99. The molecule has 0 bridgehead atoms. The van der Waals surface area contributed by atoms with Crippen LogP contribution in [-0.4, -0.2) is 52.2 Å². The second-order valence-corrected chi connectivity index (χ2v) is 6.11. The Bertz CT molecular complexity index is 760. The van der Waals surface area contributed by atoms with Crippen LogP contribution in [0.2, 0.25) is 5.02 Å². The van der Waals surface area contributed by atoms with Crippen LogP contribution in [0, 0.1) is 0 Å². The molecule has 23 heavy (non-hydrogen) atoms. The third-order valence-electron chi connectivity index (χ3n) is 4.07. The minimum absolute atomic E-state index is 0.211. The molecule has 1 aliphatic rings. The fraction of sp³-hybridized carbons (Fsp3) is 0.333. The van der Waals surface area contributed by atoms with Crippen LogP contribution in [-0.2, 0) is 0 Å². The van der Waals surface area contributed by atoms with E-state index in [0.717, 1.165) is 10.9 Å². The Morgan fingerprint density at radius 3 is 2.87 bits per heavy atom. The van der Waals surface area contributed by atoms with Gasteiger partial charge in [-0.2, -0.15) is 0 Å². The molecule has 2 aromatic rings. The minimum Gasteiger partial charge on any atom is -0.465 e.